The maximum Gasteiger partial charge on any atom is 0.288 e. The van der Waals surface area contributed by atoms with E-state index in [0.29, 0.717) is 11.7 Å². The molecule has 0 saturated carbocycles. The van der Waals surface area contributed by atoms with Gasteiger partial charge >= 0.3 is 0 Å². The van der Waals surface area contributed by atoms with Crippen molar-refractivity contribution in [2.75, 3.05) is 24.3 Å². The fraction of sp³-hybridized carbons (Fsp3) is 0.300. The van der Waals surface area contributed by atoms with Gasteiger partial charge in [0.15, 0.2) is 15.0 Å². The zero-order valence-corrected chi connectivity index (χ0v) is 18.2. The Bertz CT molecular complexity index is 1230. The van der Waals surface area contributed by atoms with Crippen LogP contribution in [0.15, 0.2) is 47.4 Å². The summed E-state index contributed by atoms with van der Waals surface area (Å²) in [5.41, 5.74) is 0.122. The van der Waals surface area contributed by atoms with Crippen LogP contribution >= 0.6 is 11.3 Å². The summed E-state index contributed by atoms with van der Waals surface area (Å²) in [7, 11) is -3.83. The highest BCUT2D eigenvalue weighted by molar-refractivity contribution is 7.90. The quantitative estimate of drug-likeness (QED) is 0.407. The Labute approximate surface area is 182 Å². The molecule has 11 heteroatoms. The monoisotopic (exact) mass is 461 g/mol. The van der Waals surface area contributed by atoms with Gasteiger partial charge in [-0.05, 0) is 37.1 Å². The molecule has 2 aromatic carbocycles. The van der Waals surface area contributed by atoms with Crippen LogP contribution in [-0.4, -0.2) is 49.7 Å². The molecule has 31 heavy (non-hydrogen) atoms. The highest BCUT2D eigenvalue weighted by Gasteiger charge is 2.30. The summed E-state index contributed by atoms with van der Waals surface area (Å²) < 4.78 is 30.4. The van der Waals surface area contributed by atoms with E-state index in [1.165, 1.54) is 22.3 Å². The number of benzene rings is 2. The maximum atomic E-state index is 13.4. The minimum Gasteiger partial charge on any atom is -0.376 e. The summed E-state index contributed by atoms with van der Waals surface area (Å²) >= 11 is 1.34. The molecular formula is C20H19N3O6S2. The molecule has 1 saturated heterocycles. The Morgan fingerprint density at radius 2 is 2.10 bits per heavy atom. The summed E-state index contributed by atoms with van der Waals surface area (Å²) in [6, 6.07) is 10.9. The van der Waals surface area contributed by atoms with Gasteiger partial charge in [0, 0.05) is 24.5 Å². The number of hydrogen-bond acceptors (Lipinski definition) is 8. The smallest absolute Gasteiger partial charge is 0.288 e. The number of carbonyl (C=O) groups excluding carboxylic acids is 1. The Kier molecular flexibility index (Phi) is 5.73. The molecule has 4 rings (SSSR count). The lowest BCUT2D eigenvalue weighted by Crippen LogP contribution is -2.37. The highest BCUT2D eigenvalue weighted by atomic mass is 32.2. The third-order valence-electron chi connectivity index (χ3n) is 4.97. The predicted octanol–water partition coefficient (Wildman–Crippen LogP) is 3.43. The minimum absolute atomic E-state index is 0.0105. The third-order valence-corrected chi connectivity index (χ3v) is 7.17. The number of rotatable bonds is 6. The zero-order chi connectivity index (χ0) is 22.2. The number of carbonyl (C=O) groups is 1. The van der Waals surface area contributed by atoms with E-state index in [4.69, 9.17) is 4.74 Å². The van der Waals surface area contributed by atoms with Crippen molar-refractivity contribution < 1.29 is 22.9 Å². The van der Waals surface area contributed by atoms with E-state index < -0.39 is 31.3 Å². The number of nitro groups is 1. The number of sulfone groups is 1. The molecule has 1 atom stereocenters. The molecule has 9 nitrogen and oxygen atoms in total. The van der Waals surface area contributed by atoms with Gasteiger partial charge in [-0.2, -0.15) is 0 Å². The molecule has 1 amide bonds. The first-order valence-corrected chi connectivity index (χ1v) is 12.2. The topological polar surface area (TPSA) is 120 Å². The van der Waals surface area contributed by atoms with Crippen LogP contribution in [-0.2, 0) is 14.6 Å². The standard InChI is InChI=1S/C20H19N3O6S2/c1-31(27,28)18-9-8-13(11-16(18)23(25)26)19(24)22(12-14-5-4-10-29-14)20-21-15-6-2-3-7-17(15)30-20/h2-3,6-9,11,14H,4-5,10,12H2,1H3/t14-/m1/s1. The summed E-state index contributed by atoms with van der Waals surface area (Å²) in [5, 5.41) is 11.9. The Morgan fingerprint density at radius 1 is 1.32 bits per heavy atom. The number of nitro benzene ring substituents is 1. The van der Waals surface area contributed by atoms with Crippen LogP contribution in [0, 0.1) is 10.1 Å². The molecule has 3 aromatic rings. The van der Waals surface area contributed by atoms with E-state index in [9.17, 15) is 23.3 Å². The van der Waals surface area contributed by atoms with Crippen LogP contribution in [0.3, 0.4) is 0 Å². The second-order valence-electron chi connectivity index (χ2n) is 7.23. The van der Waals surface area contributed by atoms with Crippen LogP contribution in [0.1, 0.15) is 23.2 Å². The number of aromatic nitrogens is 1. The van der Waals surface area contributed by atoms with Crippen molar-refractivity contribution in [2.45, 2.75) is 23.8 Å². The molecule has 1 aliphatic rings. The van der Waals surface area contributed by atoms with Crippen molar-refractivity contribution in [3.63, 3.8) is 0 Å². The van der Waals surface area contributed by atoms with Crippen LogP contribution in [0.5, 0.6) is 0 Å². The summed E-state index contributed by atoms with van der Waals surface area (Å²) in [4.78, 5) is 29.7. The molecule has 2 heterocycles. The zero-order valence-electron chi connectivity index (χ0n) is 16.6. The van der Waals surface area contributed by atoms with E-state index in [0.717, 1.165) is 41.4 Å². The number of fused-ring (bicyclic) bond motifs is 1. The van der Waals surface area contributed by atoms with E-state index >= 15 is 0 Å². The largest absolute Gasteiger partial charge is 0.376 e. The lowest BCUT2D eigenvalue weighted by molar-refractivity contribution is -0.387. The van der Waals surface area contributed by atoms with Gasteiger partial charge in [-0.15, -0.1) is 0 Å². The van der Waals surface area contributed by atoms with Gasteiger partial charge in [0.05, 0.1) is 27.8 Å². The maximum absolute atomic E-state index is 13.4. The SMILES string of the molecule is CS(=O)(=O)c1ccc(C(=O)N(C[C@H]2CCCO2)c2nc3ccccc3s2)cc1[N+](=O)[O-]. The molecule has 162 valence electrons. The molecule has 1 fully saturated rings. The molecule has 1 aromatic heterocycles. The minimum atomic E-state index is -3.83. The highest BCUT2D eigenvalue weighted by Crippen LogP contribution is 2.32. The van der Waals surface area contributed by atoms with Crippen molar-refractivity contribution in [1.82, 2.24) is 4.98 Å². The van der Waals surface area contributed by atoms with Gasteiger partial charge in [0.25, 0.3) is 11.6 Å². The number of thiazole rings is 1. The first-order chi connectivity index (χ1) is 14.7. The lowest BCUT2D eigenvalue weighted by atomic mass is 10.1. The normalized spacial score (nSPS) is 16.5. The molecule has 0 N–H and O–H groups in total. The number of amides is 1. The lowest BCUT2D eigenvalue weighted by Gasteiger charge is -2.23. The second-order valence-corrected chi connectivity index (χ2v) is 10.2. The number of ether oxygens (including phenoxy) is 1. The summed E-state index contributed by atoms with van der Waals surface area (Å²) in [6.45, 7) is 0.862. The van der Waals surface area contributed by atoms with Gasteiger partial charge < -0.3 is 4.74 Å². The predicted molar refractivity (Wildman–Crippen MR) is 116 cm³/mol. The van der Waals surface area contributed by atoms with Crippen LogP contribution in [0.25, 0.3) is 10.2 Å². The van der Waals surface area contributed by atoms with Crippen molar-refractivity contribution in [2.24, 2.45) is 0 Å². The van der Waals surface area contributed by atoms with Gasteiger partial charge in [-0.3, -0.25) is 19.8 Å². The van der Waals surface area contributed by atoms with Crippen molar-refractivity contribution in [3.8, 4) is 0 Å². The van der Waals surface area contributed by atoms with Crippen molar-refractivity contribution >= 4 is 48.1 Å². The number of para-hydroxylation sites is 1. The fourth-order valence-electron chi connectivity index (χ4n) is 3.48. The van der Waals surface area contributed by atoms with Crippen LogP contribution in [0.4, 0.5) is 10.8 Å². The van der Waals surface area contributed by atoms with E-state index in [1.807, 2.05) is 24.3 Å². The molecule has 0 spiro atoms. The Hall–Kier alpha value is -2.89. The molecule has 0 bridgehead atoms. The fourth-order valence-corrected chi connectivity index (χ4v) is 5.28. The average molecular weight is 462 g/mol. The Morgan fingerprint density at radius 3 is 2.74 bits per heavy atom. The Balaban J connectivity index is 1.76. The van der Waals surface area contributed by atoms with E-state index in [-0.39, 0.29) is 18.2 Å². The second kappa shape index (κ2) is 8.33. The van der Waals surface area contributed by atoms with Gasteiger partial charge in [0.2, 0.25) is 0 Å². The first kappa shape index (κ1) is 21.3. The summed E-state index contributed by atoms with van der Waals surface area (Å²) in [5.74, 6) is -0.502. The first-order valence-electron chi connectivity index (χ1n) is 9.51. The molecule has 0 radical (unpaired) electrons. The number of hydrogen-bond donors (Lipinski definition) is 0. The molecule has 1 aliphatic heterocycles. The molecule has 0 unspecified atom stereocenters. The third kappa shape index (κ3) is 4.43. The van der Waals surface area contributed by atoms with E-state index in [2.05, 4.69) is 4.98 Å². The van der Waals surface area contributed by atoms with Gasteiger partial charge in [-0.25, -0.2) is 13.4 Å². The van der Waals surface area contributed by atoms with Crippen molar-refractivity contribution in [1.29, 1.82) is 0 Å². The number of anilines is 1. The van der Waals surface area contributed by atoms with E-state index in [1.54, 1.807) is 0 Å². The summed E-state index contributed by atoms with van der Waals surface area (Å²) in [6.07, 6.45) is 2.41. The molecule has 0 aliphatic carbocycles. The van der Waals surface area contributed by atoms with Crippen molar-refractivity contribution in [3.05, 3.63) is 58.1 Å². The average Bonchev–Trinajstić information content (AvgIpc) is 3.39. The van der Waals surface area contributed by atoms with Crippen LogP contribution < -0.4 is 4.90 Å². The number of nitrogens with zero attached hydrogens (tertiary/aromatic N) is 3. The molecular weight excluding hydrogens is 442 g/mol. The van der Waals surface area contributed by atoms with Crippen LogP contribution in [0.2, 0.25) is 0 Å². The van der Waals surface area contributed by atoms with Gasteiger partial charge in [0.1, 0.15) is 4.90 Å². The van der Waals surface area contributed by atoms with Gasteiger partial charge in [-0.1, -0.05) is 23.5 Å².